The molecule has 0 N–H and O–H groups in total. The number of carbonyl (C=O) groups is 1. The third-order valence-electron chi connectivity index (χ3n) is 5.17. The monoisotopic (exact) mass is 352 g/mol. The number of carbonyl (C=O) groups excluding carboxylic acids is 1. The smallest absolute Gasteiger partial charge is 0.292 e. The maximum absolute atomic E-state index is 12.3. The fourth-order valence-electron chi connectivity index (χ4n) is 3.73. The molecule has 3 fully saturated rings. The molecular weight excluding hydrogens is 328 g/mol. The Hall–Kier alpha value is -1.05. The molecule has 7 heteroatoms. The van der Waals surface area contributed by atoms with Crippen molar-refractivity contribution in [1.82, 2.24) is 10.1 Å². The number of hydrogen-bond donors (Lipinski definition) is 0. The summed E-state index contributed by atoms with van der Waals surface area (Å²) in [7, 11) is 0. The second-order valence-corrected chi connectivity index (χ2v) is 8.69. The van der Waals surface area contributed by atoms with Crippen LogP contribution in [0.15, 0.2) is 10.6 Å². The second-order valence-electron chi connectivity index (χ2n) is 7.20. The van der Waals surface area contributed by atoms with Crippen LogP contribution in [0.1, 0.15) is 35.5 Å². The number of rotatable bonds is 4. The zero-order valence-electron chi connectivity index (χ0n) is 14.0. The van der Waals surface area contributed by atoms with E-state index in [4.69, 9.17) is 14.0 Å². The lowest BCUT2D eigenvalue weighted by molar-refractivity contribution is -0.0121. The van der Waals surface area contributed by atoms with E-state index in [1.54, 1.807) is 6.07 Å². The molecule has 1 aromatic heterocycles. The Balaban J connectivity index is 1.23. The summed E-state index contributed by atoms with van der Waals surface area (Å²) in [5, 5.41) is 3.79. The van der Waals surface area contributed by atoms with Crippen LogP contribution in [0.3, 0.4) is 0 Å². The molecule has 1 atom stereocenters. The van der Waals surface area contributed by atoms with Crippen LogP contribution in [0.4, 0.5) is 0 Å². The third kappa shape index (κ3) is 3.34. The number of nitrogens with zero attached hydrogens (tertiary/aromatic N) is 2. The van der Waals surface area contributed by atoms with Gasteiger partial charge in [0, 0.05) is 44.7 Å². The SMILES string of the molecule is Cc1cc(C(=O)N2CC3(CC(OCC4CCOCC4)CS3)C2)on1. The lowest BCUT2D eigenvalue weighted by Crippen LogP contribution is -2.60. The van der Waals surface area contributed by atoms with Gasteiger partial charge in [-0.05, 0) is 32.1 Å². The summed E-state index contributed by atoms with van der Waals surface area (Å²) in [6.07, 6.45) is 3.59. The summed E-state index contributed by atoms with van der Waals surface area (Å²) < 4.78 is 16.8. The van der Waals surface area contributed by atoms with Crippen LogP contribution < -0.4 is 0 Å². The number of aryl methyl sites for hydroxylation is 1. The van der Waals surface area contributed by atoms with E-state index in [1.807, 2.05) is 23.6 Å². The molecule has 132 valence electrons. The van der Waals surface area contributed by atoms with E-state index in [9.17, 15) is 4.79 Å². The molecule has 0 aromatic carbocycles. The highest BCUT2D eigenvalue weighted by molar-refractivity contribution is 8.01. The first-order chi connectivity index (χ1) is 11.6. The number of aromatic nitrogens is 1. The van der Waals surface area contributed by atoms with Crippen molar-refractivity contribution in [2.45, 2.75) is 37.0 Å². The van der Waals surface area contributed by atoms with Gasteiger partial charge in [-0.15, -0.1) is 11.8 Å². The molecule has 1 amide bonds. The lowest BCUT2D eigenvalue weighted by atomic mass is 9.92. The maximum atomic E-state index is 12.3. The summed E-state index contributed by atoms with van der Waals surface area (Å²) in [5.74, 6) is 1.98. The van der Waals surface area contributed by atoms with E-state index in [1.165, 1.54) is 0 Å². The van der Waals surface area contributed by atoms with E-state index < -0.39 is 0 Å². The van der Waals surface area contributed by atoms with Crippen molar-refractivity contribution in [3.8, 4) is 0 Å². The molecule has 1 aromatic rings. The van der Waals surface area contributed by atoms with Crippen LogP contribution in [0, 0.1) is 12.8 Å². The molecule has 3 saturated heterocycles. The van der Waals surface area contributed by atoms with Gasteiger partial charge in [-0.3, -0.25) is 4.79 Å². The van der Waals surface area contributed by atoms with Gasteiger partial charge in [-0.1, -0.05) is 5.16 Å². The first kappa shape index (κ1) is 16.4. The Morgan fingerprint density at radius 2 is 2.25 bits per heavy atom. The molecule has 1 unspecified atom stereocenters. The Morgan fingerprint density at radius 3 is 2.96 bits per heavy atom. The first-order valence-corrected chi connectivity index (χ1v) is 9.68. The number of ether oxygens (including phenoxy) is 2. The zero-order valence-corrected chi connectivity index (χ0v) is 14.8. The summed E-state index contributed by atoms with van der Waals surface area (Å²) in [6, 6.07) is 1.70. The molecular formula is C17H24N2O4S. The van der Waals surface area contributed by atoms with Crippen molar-refractivity contribution in [3.05, 3.63) is 17.5 Å². The molecule has 0 aliphatic carbocycles. The highest BCUT2D eigenvalue weighted by Crippen LogP contribution is 2.46. The van der Waals surface area contributed by atoms with Gasteiger partial charge in [-0.25, -0.2) is 0 Å². The fraction of sp³-hybridized carbons (Fsp3) is 0.765. The van der Waals surface area contributed by atoms with Crippen molar-refractivity contribution in [1.29, 1.82) is 0 Å². The number of hydrogen-bond acceptors (Lipinski definition) is 6. The van der Waals surface area contributed by atoms with E-state index in [2.05, 4.69) is 5.16 Å². The third-order valence-corrected chi connectivity index (χ3v) is 6.74. The van der Waals surface area contributed by atoms with Crippen molar-refractivity contribution < 1.29 is 18.8 Å². The summed E-state index contributed by atoms with van der Waals surface area (Å²) >= 11 is 1.96. The predicted molar refractivity (Wildman–Crippen MR) is 90.2 cm³/mol. The minimum atomic E-state index is -0.0478. The van der Waals surface area contributed by atoms with Gasteiger partial charge < -0.3 is 18.9 Å². The summed E-state index contributed by atoms with van der Waals surface area (Å²) in [6.45, 7) is 5.99. The zero-order chi connectivity index (χ0) is 16.6. The van der Waals surface area contributed by atoms with Crippen molar-refractivity contribution in [3.63, 3.8) is 0 Å². The fourth-order valence-corrected chi connectivity index (χ4v) is 5.28. The molecule has 0 bridgehead atoms. The number of amides is 1. The van der Waals surface area contributed by atoms with E-state index in [0.717, 1.165) is 63.6 Å². The Morgan fingerprint density at radius 1 is 1.46 bits per heavy atom. The van der Waals surface area contributed by atoms with Crippen molar-refractivity contribution in [2.75, 3.05) is 38.7 Å². The lowest BCUT2D eigenvalue weighted by Gasteiger charge is -2.47. The molecule has 0 radical (unpaired) electrons. The van der Waals surface area contributed by atoms with Crippen LogP contribution in [-0.2, 0) is 9.47 Å². The quantitative estimate of drug-likeness (QED) is 0.827. The van der Waals surface area contributed by atoms with Crippen LogP contribution in [-0.4, -0.2) is 65.5 Å². The van der Waals surface area contributed by atoms with Gasteiger partial charge in [0.05, 0.1) is 16.5 Å². The topological polar surface area (TPSA) is 64.8 Å². The maximum Gasteiger partial charge on any atom is 0.292 e. The van der Waals surface area contributed by atoms with E-state index in [-0.39, 0.29) is 10.7 Å². The Labute approximate surface area is 146 Å². The number of thioether (sulfide) groups is 1. The van der Waals surface area contributed by atoms with Gasteiger partial charge in [-0.2, -0.15) is 0 Å². The van der Waals surface area contributed by atoms with Crippen LogP contribution in [0.2, 0.25) is 0 Å². The van der Waals surface area contributed by atoms with Gasteiger partial charge in [0.1, 0.15) is 0 Å². The van der Waals surface area contributed by atoms with E-state index in [0.29, 0.717) is 17.8 Å². The highest BCUT2D eigenvalue weighted by Gasteiger charge is 2.51. The molecule has 24 heavy (non-hydrogen) atoms. The molecule has 6 nitrogen and oxygen atoms in total. The largest absolute Gasteiger partial charge is 0.381 e. The van der Waals surface area contributed by atoms with Gasteiger partial charge in [0.15, 0.2) is 0 Å². The van der Waals surface area contributed by atoms with Crippen molar-refractivity contribution in [2.24, 2.45) is 5.92 Å². The highest BCUT2D eigenvalue weighted by atomic mass is 32.2. The minimum absolute atomic E-state index is 0.0478. The predicted octanol–water partition coefficient (Wildman–Crippen LogP) is 2.13. The average molecular weight is 352 g/mol. The van der Waals surface area contributed by atoms with Gasteiger partial charge in [0.25, 0.3) is 5.91 Å². The Kier molecular flexibility index (Phi) is 4.58. The minimum Gasteiger partial charge on any atom is -0.381 e. The standard InChI is InChI=1S/C17H24N2O4S/c1-12-6-15(23-18-12)16(20)19-10-17(11-19)7-14(9-24-17)22-8-13-2-4-21-5-3-13/h6,13-14H,2-5,7-11H2,1H3. The van der Waals surface area contributed by atoms with Crippen LogP contribution in [0.25, 0.3) is 0 Å². The molecule has 3 aliphatic heterocycles. The average Bonchev–Trinajstić information content (AvgIpc) is 3.18. The summed E-state index contributed by atoms with van der Waals surface area (Å²) in [5.41, 5.74) is 0.741. The first-order valence-electron chi connectivity index (χ1n) is 8.69. The normalized spacial score (nSPS) is 26.7. The van der Waals surface area contributed by atoms with Crippen molar-refractivity contribution >= 4 is 17.7 Å². The van der Waals surface area contributed by atoms with E-state index >= 15 is 0 Å². The number of likely N-dealkylation sites (tertiary alicyclic amines) is 1. The van der Waals surface area contributed by atoms with Gasteiger partial charge >= 0.3 is 0 Å². The second kappa shape index (κ2) is 6.69. The molecule has 3 aliphatic rings. The molecule has 4 rings (SSSR count). The van der Waals surface area contributed by atoms with Gasteiger partial charge in [0.2, 0.25) is 5.76 Å². The molecule has 0 saturated carbocycles. The Bertz CT molecular complexity index is 593. The van der Waals surface area contributed by atoms with Crippen LogP contribution >= 0.6 is 11.8 Å². The summed E-state index contributed by atoms with van der Waals surface area (Å²) in [4.78, 5) is 14.2. The molecule has 4 heterocycles. The molecule has 1 spiro atoms. The van der Waals surface area contributed by atoms with Crippen LogP contribution in [0.5, 0.6) is 0 Å².